The van der Waals surface area contributed by atoms with Crippen molar-refractivity contribution in [2.24, 2.45) is 5.41 Å². The molecule has 4 aromatic rings. The van der Waals surface area contributed by atoms with Crippen LogP contribution in [0.25, 0.3) is 11.0 Å². The normalized spacial score (nSPS) is 18.5. The molecule has 2 aromatic carbocycles. The number of fused-ring (bicyclic) bond motifs is 2. The van der Waals surface area contributed by atoms with E-state index in [2.05, 4.69) is 20.6 Å². The van der Waals surface area contributed by atoms with Gasteiger partial charge in [-0.1, -0.05) is 29.5 Å². The average Bonchev–Trinajstić information content (AvgIpc) is 3.76. The summed E-state index contributed by atoms with van der Waals surface area (Å²) in [4.78, 5) is 17.0. The molecule has 45 heavy (non-hydrogen) atoms. The second-order valence-corrected chi connectivity index (χ2v) is 14.6. The molecule has 12 heteroatoms. The van der Waals surface area contributed by atoms with E-state index in [9.17, 15) is 18.3 Å². The summed E-state index contributed by atoms with van der Waals surface area (Å²) in [6.45, 7) is 9.34. The van der Waals surface area contributed by atoms with Gasteiger partial charge in [0.1, 0.15) is 17.0 Å². The molecule has 6 rings (SSSR count). The smallest absolute Gasteiger partial charge is 0.310 e. The van der Waals surface area contributed by atoms with Gasteiger partial charge in [-0.15, -0.1) is 5.10 Å². The lowest BCUT2D eigenvalue weighted by atomic mass is 9.69. The number of sulfonamides is 1. The maximum absolute atomic E-state index is 14.1. The fourth-order valence-corrected chi connectivity index (χ4v) is 7.76. The summed E-state index contributed by atoms with van der Waals surface area (Å²) < 4.78 is 37.3. The number of aliphatic carboxylic acids is 1. The molecule has 0 spiro atoms. The zero-order valence-electron chi connectivity index (χ0n) is 26.2. The zero-order chi connectivity index (χ0) is 31.9. The summed E-state index contributed by atoms with van der Waals surface area (Å²) in [7, 11) is -3.96. The molecule has 1 saturated carbocycles. The van der Waals surface area contributed by atoms with Gasteiger partial charge in [-0.3, -0.25) is 4.79 Å². The lowest BCUT2D eigenvalue weighted by Gasteiger charge is -2.33. The molecule has 11 nitrogen and oxygen atoms in total. The number of aryl methyl sites for hydroxylation is 2. The van der Waals surface area contributed by atoms with E-state index in [4.69, 9.17) is 4.74 Å². The highest BCUT2D eigenvalue weighted by Crippen LogP contribution is 2.45. The highest BCUT2D eigenvalue weighted by molar-refractivity contribution is 7.89. The molecule has 2 aromatic heterocycles. The van der Waals surface area contributed by atoms with Crippen molar-refractivity contribution in [2.45, 2.75) is 70.4 Å². The number of carboxylic acids is 1. The van der Waals surface area contributed by atoms with E-state index in [0.717, 1.165) is 51.7 Å². The van der Waals surface area contributed by atoms with Crippen LogP contribution in [0.3, 0.4) is 0 Å². The predicted molar refractivity (Wildman–Crippen MR) is 170 cm³/mol. The van der Waals surface area contributed by atoms with Crippen LogP contribution in [0.4, 0.5) is 0 Å². The summed E-state index contributed by atoms with van der Waals surface area (Å²) in [6.07, 6.45) is 4.30. The highest BCUT2D eigenvalue weighted by Gasteiger charge is 2.41. The number of carboxylic acid groups (broad SMARTS) is 1. The number of hydrogen-bond donors (Lipinski definition) is 2. The molecule has 1 unspecified atom stereocenters. The number of carbonyl (C=O) groups is 1. The van der Waals surface area contributed by atoms with Gasteiger partial charge in [0.25, 0.3) is 0 Å². The van der Waals surface area contributed by atoms with Gasteiger partial charge in [0.2, 0.25) is 15.9 Å². The SMILES string of the molecule is Cc1ccc(C(c2ccc3c(nnn3C3CC3)c2C)C(C)(C)C(=O)O)cc1CN1CCCNCCOc2ncccc2S1(=O)=O. The number of nitrogens with one attached hydrogen (secondary N) is 1. The Hall–Kier alpha value is -3.87. The molecule has 0 saturated heterocycles. The molecule has 0 radical (unpaired) electrons. The lowest BCUT2D eigenvalue weighted by Crippen LogP contribution is -2.34. The van der Waals surface area contributed by atoms with E-state index in [1.807, 2.05) is 48.9 Å². The van der Waals surface area contributed by atoms with Crippen LogP contribution in [0.5, 0.6) is 5.88 Å². The number of ether oxygens (including phenoxy) is 1. The van der Waals surface area contributed by atoms with Crippen molar-refractivity contribution < 1.29 is 23.1 Å². The Morgan fingerprint density at radius 1 is 1.16 bits per heavy atom. The lowest BCUT2D eigenvalue weighted by molar-refractivity contribution is -0.147. The maximum Gasteiger partial charge on any atom is 0.310 e. The van der Waals surface area contributed by atoms with Crippen LogP contribution in [0.15, 0.2) is 53.6 Å². The fourth-order valence-electron chi connectivity index (χ4n) is 6.22. The van der Waals surface area contributed by atoms with E-state index in [-0.39, 0.29) is 17.3 Å². The summed E-state index contributed by atoms with van der Waals surface area (Å²) >= 11 is 0. The first-order valence-corrected chi connectivity index (χ1v) is 16.9. The monoisotopic (exact) mass is 632 g/mol. The largest absolute Gasteiger partial charge is 0.481 e. The quantitative estimate of drug-likeness (QED) is 0.300. The van der Waals surface area contributed by atoms with Crippen molar-refractivity contribution in [3.8, 4) is 5.88 Å². The van der Waals surface area contributed by atoms with Crippen LogP contribution in [-0.4, -0.2) is 70.0 Å². The van der Waals surface area contributed by atoms with Crippen molar-refractivity contribution in [1.29, 1.82) is 0 Å². The molecule has 2 N–H and O–H groups in total. The maximum atomic E-state index is 14.1. The molecule has 1 fully saturated rings. The molecule has 1 atom stereocenters. The van der Waals surface area contributed by atoms with Crippen molar-refractivity contribution in [3.63, 3.8) is 0 Å². The van der Waals surface area contributed by atoms with Gasteiger partial charge in [-0.2, -0.15) is 4.31 Å². The summed E-state index contributed by atoms with van der Waals surface area (Å²) in [5, 5.41) is 22.7. The van der Waals surface area contributed by atoms with E-state index in [1.165, 1.54) is 16.6 Å². The number of aromatic nitrogens is 4. The first kappa shape index (κ1) is 31.1. The third kappa shape index (κ3) is 5.94. The van der Waals surface area contributed by atoms with Crippen LogP contribution in [0, 0.1) is 19.3 Å². The van der Waals surface area contributed by atoms with Gasteiger partial charge in [0, 0.05) is 31.7 Å². The van der Waals surface area contributed by atoms with Crippen LogP contribution >= 0.6 is 0 Å². The van der Waals surface area contributed by atoms with E-state index < -0.39 is 27.3 Å². The Morgan fingerprint density at radius 3 is 2.71 bits per heavy atom. The van der Waals surface area contributed by atoms with Crippen LogP contribution in [0.1, 0.15) is 72.9 Å². The minimum Gasteiger partial charge on any atom is -0.481 e. The van der Waals surface area contributed by atoms with E-state index in [1.54, 1.807) is 19.9 Å². The van der Waals surface area contributed by atoms with Crippen molar-refractivity contribution in [2.75, 3.05) is 26.2 Å². The molecule has 1 aliphatic carbocycles. The van der Waals surface area contributed by atoms with Crippen molar-refractivity contribution in [3.05, 3.63) is 76.5 Å². The summed E-state index contributed by atoms with van der Waals surface area (Å²) in [6, 6.07) is 13.4. The molecular formula is C33H40N6O5S. The van der Waals surface area contributed by atoms with Gasteiger partial charge in [-0.25, -0.2) is 18.1 Å². The Morgan fingerprint density at radius 2 is 1.96 bits per heavy atom. The third-order valence-electron chi connectivity index (χ3n) is 9.10. The highest BCUT2D eigenvalue weighted by atomic mass is 32.2. The number of pyridine rings is 1. The van der Waals surface area contributed by atoms with Gasteiger partial charge >= 0.3 is 5.97 Å². The first-order chi connectivity index (χ1) is 21.5. The minimum atomic E-state index is -3.96. The minimum absolute atomic E-state index is 0.0359. The standard InChI is InChI=1S/C33H40N6O5S/c1-21-8-9-23(19-24(21)20-38-17-6-14-34-16-18-44-31-28(45(38,42)43)7-5-15-35-31)29(33(3,4)32(40)41)26-12-13-27-30(22(26)2)36-37-39(27)25-10-11-25/h5,7-9,12-13,15,19,25,29,34H,6,10-11,14,16-18,20H2,1-4H3,(H,40,41). The molecule has 238 valence electrons. The van der Waals surface area contributed by atoms with Gasteiger partial charge < -0.3 is 15.2 Å². The van der Waals surface area contributed by atoms with Gasteiger partial charge in [-0.05, 0) is 99.5 Å². The molecule has 0 bridgehead atoms. The Bertz CT molecular complexity index is 1850. The van der Waals surface area contributed by atoms with Crippen molar-refractivity contribution >= 4 is 27.0 Å². The average molecular weight is 633 g/mol. The third-order valence-corrected chi connectivity index (χ3v) is 11.0. The van der Waals surface area contributed by atoms with Gasteiger partial charge in [0.15, 0.2) is 0 Å². The summed E-state index contributed by atoms with van der Waals surface area (Å²) in [5.74, 6) is -1.38. The second-order valence-electron chi connectivity index (χ2n) is 12.7. The van der Waals surface area contributed by atoms with Gasteiger partial charge in [0.05, 0.1) is 17.0 Å². The summed E-state index contributed by atoms with van der Waals surface area (Å²) in [5.41, 5.74) is 4.80. The number of rotatable bonds is 7. The van der Waals surface area contributed by atoms with Crippen LogP contribution in [0.2, 0.25) is 0 Å². The van der Waals surface area contributed by atoms with E-state index in [0.29, 0.717) is 38.7 Å². The topological polar surface area (TPSA) is 140 Å². The Kier molecular flexibility index (Phi) is 8.40. The number of nitrogens with zero attached hydrogens (tertiary/aromatic N) is 5. The molecule has 1 aliphatic heterocycles. The number of hydrogen-bond acceptors (Lipinski definition) is 8. The Balaban J connectivity index is 1.42. The fraction of sp³-hybridized carbons (Fsp3) is 0.455. The van der Waals surface area contributed by atoms with E-state index >= 15 is 0 Å². The molecule has 2 aliphatic rings. The zero-order valence-corrected chi connectivity index (χ0v) is 27.0. The number of benzene rings is 2. The molecule has 3 heterocycles. The predicted octanol–water partition coefficient (Wildman–Crippen LogP) is 4.58. The Labute approximate surface area is 263 Å². The van der Waals surface area contributed by atoms with Crippen LogP contribution in [-0.2, 0) is 21.4 Å². The van der Waals surface area contributed by atoms with Crippen molar-refractivity contribution in [1.82, 2.24) is 29.6 Å². The molecule has 0 amide bonds. The van der Waals surface area contributed by atoms with Crippen LogP contribution < -0.4 is 10.1 Å². The second kappa shape index (κ2) is 12.1. The first-order valence-electron chi connectivity index (χ1n) is 15.5. The molecular weight excluding hydrogens is 592 g/mol.